The molecule has 0 unspecified atom stereocenters. The second-order valence-electron chi connectivity index (χ2n) is 6.76. The molecule has 2 aromatic heterocycles. The number of rotatable bonds is 5. The van der Waals surface area contributed by atoms with E-state index in [0.29, 0.717) is 12.5 Å². The fraction of sp³-hybridized carbons (Fsp3) is 0.190. The lowest BCUT2D eigenvalue weighted by atomic mass is 10.2. The minimum absolute atomic E-state index is 0.0323. The van der Waals surface area contributed by atoms with Crippen molar-refractivity contribution in [3.05, 3.63) is 73.9 Å². The molecule has 4 aromatic rings. The van der Waals surface area contributed by atoms with Crippen LogP contribution in [-0.4, -0.2) is 21.6 Å². The molecule has 0 atom stereocenters. The van der Waals surface area contributed by atoms with E-state index < -0.39 is 11.4 Å². The Balaban J connectivity index is 1.77. The van der Waals surface area contributed by atoms with E-state index in [2.05, 4.69) is 15.3 Å². The third kappa shape index (κ3) is 3.88. The Morgan fingerprint density at radius 3 is 2.77 bits per heavy atom. The minimum atomic E-state index is -0.488. The van der Waals surface area contributed by atoms with Gasteiger partial charge in [-0.05, 0) is 49.2 Å². The maximum absolute atomic E-state index is 13.5. The molecule has 4 rings (SSSR count). The third-order valence-corrected chi connectivity index (χ3v) is 6.08. The highest BCUT2D eigenvalue weighted by Crippen LogP contribution is 2.31. The topological polar surface area (TPSA) is 69.0 Å². The molecule has 0 amide bonds. The molecule has 9 heteroatoms. The average molecular weight is 445 g/mol. The number of fused-ring (bicyclic) bond motifs is 1. The van der Waals surface area contributed by atoms with E-state index in [9.17, 15) is 9.18 Å². The lowest BCUT2D eigenvalue weighted by Gasteiger charge is -2.16. The van der Waals surface area contributed by atoms with Crippen LogP contribution in [0.3, 0.4) is 0 Å². The molecule has 6 nitrogen and oxygen atoms in total. The van der Waals surface area contributed by atoms with E-state index in [-0.39, 0.29) is 10.8 Å². The van der Waals surface area contributed by atoms with Gasteiger partial charge in [-0.25, -0.2) is 9.37 Å². The molecule has 1 N–H and O–H groups in total. The molecule has 0 radical (unpaired) electrons. The number of nitrogens with one attached hydrogen (secondary N) is 1. The molecule has 0 fully saturated rings. The summed E-state index contributed by atoms with van der Waals surface area (Å²) in [6.45, 7) is 4.27. The summed E-state index contributed by atoms with van der Waals surface area (Å²) in [6, 6.07) is 8.32. The van der Waals surface area contributed by atoms with Crippen LogP contribution in [0.15, 0.2) is 41.3 Å². The number of anilines is 2. The minimum Gasteiger partial charge on any atom is -0.490 e. The number of ether oxygens (including phenoxy) is 1. The van der Waals surface area contributed by atoms with Crippen molar-refractivity contribution < 1.29 is 9.13 Å². The van der Waals surface area contributed by atoms with Gasteiger partial charge in [0, 0.05) is 5.69 Å². The van der Waals surface area contributed by atoms with Crippen LogP contribution in [0.25, 0.3) is 10.2 Å². The molecule has 2 heterocycles. The number of thiazole rings is 1. The number of nitrogens with zero attached hydrogens (tertiary/aromatic N) is 3. The summed E-state index contributed by atoms with van der Waals surface area (Å²) < 4.78 is 21.5. The molecule has 0 aliphatic heterocycles. The lowest BCUT2D eigenvalue weighted by molar-refractivity contribution is 0.402. The van der Waals surface area contributed by atoms with Gasteiger partial charge in [-0.15, -0.1) is 11.3 Å². The van der Waals surface area contributed by atoms with Gasteiger partial charge in [-0.1, -0.05) is 17.7 Å². The largest absolute Gasteiger partial charge is 0.490 e. The van der Waals surface area contributed by atoms with Gasteiger partial charge in [-0.3, -0.25) is 4.79 Å². The van der Waals surface area contributed by atoms with Crippen molar-refractivity contribution in [1.29, 1.82) is 0 Å². The molecule has 0 saturated heterocycles. The van der Waals surface area contributed by atoms with E-state index >= 15 is 0 Å². The van der Waals surface area contributed by atoms with E-state index in [4.69, 9.17) is 16.3 Å². The number of hydrogen-bond acceptors (Lipinski definition) is 6. The third-order valence-electron chi connectivity index (χ3n) is 4.68. The number of halogens is 2. The Bertz CT molecular complexity index is 1320. The highest BCUT2D eigenvalue weighted by molar-refractivity contribution is 7.18. The van der Waals surface area contributed by atoms with Gasteiger partial charge in [0.15, 0.2) is 0 Å². The van der Waals surface area contributed by atoms with Crippen molar-refractivity contribution in [2.75, 3.05) is 12.4 Å². The van der Waals surface area contributed by atoms with Crippen LogP contribution >= 0.6 is 22.9 Å². The first-order chi connectivity index (χ1) is 14.4. The first-order valence-corrected chi connectivity index (χ1v) is 10.3. The predicted octanol–water partition coefficient (Wildman–Crippen LogP) is 5.06. The quantitative estimate of drug-likeness (QED) is 0.465. The second-order valence-corrected chi connectivity index (χ2v) is 8.37. The van der Waals surface area contributed by atoms with Crippen LogP contribution < -0.4 is 15.6 Å². The Kier molecular flexibility index (Phi) is 5.44. The van der Waals surface area contributed by atoms with Crippen molar-refractivity contribution in [2.45, 2.75) is 20.4 Å². The maximum Gasteiger partial charge on any atom is 0.316 e. The molecule has 0 bridgehead atoms. The highest BCUT2D eigenvalue weighted by Gasteiger charge is 2.14. The van der Waals surface area contributed by atoms with Crippen molar-refractivity contribution in [1.82, 2.24) is 14.5 Å². The van der Waals surface area contributed by atoms with Crippen LogP contribution in [0.1, 0.15) is 16.1 Å². The predicted molar refractivity (Wildman–Crippen MR) is 118 cm³/mol. The Hall–Kier alpha value is -2.97. The molecule has 0 saturated carbocycles. The van der Waals surface area contributed by atoms with Gasteiger partial charge in [-0.2, -0.15) is 4.98 Å². The zero-order valence-corrected chi connectivity index (χ0v) is 18.1. The summed E-state index contributed by atoms with van der Waals surface area (Å²) >= 11 is 7.53. The molecule has 154 valence electrons. The normalized spacial score (nSPS) is 11.1. The SMILES string of the molecule is COc1cn(Cc2ccc(F)c(Cl)c2)c(Nc2ccc3nc(C)sc3c2C)nc1=O. The van der Waals surface area contributed by atoms with Gasteiger partial charge < -0.3 is 14.6 Å². The first kappa shape index (κ1) is 20.3. The van der Waals surface area contributed by atoms with Gasteiger partial charge in [0.25, 0.3) is 0 Å². The fourth-order valence-corrected chi connectivity index (χ4v) is 4.28. The highest BCUT2D eigenvalue weighted by atomic mass is 35.5. The summed E-state index contributed by atoms with van der Waals surface area (Å²) in [5, 5.41) is 4.27. The second kappa shape index (κ2) is 8.04. The Morgan fingerprint density at radius 2 is 2.03 bits per heavy atom. The molecular formula is C21H18ClFN4O2S. The van der Waals surface area contributed by atoms with Gasteiger partial charge in [0.05, 0.1) is 40.1 Å². The summed E-state index contributed by atoms with van der Waals surface area (Å²) in [5.74, 6) is -0.0397. The summed E-state index contributed by atoms with van der Waals surface area (Å²) in [5.41, 5.74) is 3.03. The van der Waals surface area contributed by atoms with E-state index in [1.807, 2.05) is 26.0 Å². The zero-order chi connectivity index (χ0) is 21.4. The molecule has 30 heavy (non-hydrogen) atoms. The standard InChI is InChI=1S/C21H18ClFN4O2S/c1-11-16(6-7-17-19(11)30-12(2)24-17)25-21-26-20(28)18(29-3)10-27(21)9-13-4-5-15(23)14(22)8-13/h4-8,10H,9H2,1-3H3,(H,25,26,28). The molecular weight excluding hydrogens is 427 g/mol. The molecule has 0 aliphatic carbocycles. The summed E-state index contributed by atoms with van der Waals surface area (Å²) in [6.07, 6.45) is 1.57. The average Bonchev–Trinajstić information content (AvgIpc) is 3.10. The van der Waals surface area contributed by atoms with E-state index in [0.717, 1.165) is 32.0 Å². The smallest absolute Gasteiger partial charge is 0.316 e. The number of aryl methyl sites for hydroxylation is 2. The molecule has 0 spiro atoms. The van der Waals surface area contributed by atoms with Crippen molar-refractivity contribution in [3.8, 4) is 5.75 Å². The van der Waals surface area contributed by atoms with Gasteiger partial charge in [0.2, 0.25) is 11.7 Å². The van der Waals surface area contributed by atoms with Crippen molar-refractivity contribution in [3.63, 3.8) is 0 Å². The molecule has 2 aromatic carbocycles. The number of aromatic nitrogens is 3. The zero-order valence-electron chi connectivity index (χ0n) is 16.5. The maximum atomic E-state index is 13.5. The van der Waals surface area contributed by atoms with Gasteiger partial charge >= 0.3 is 5.56 Å². The van der Waals surface area contributed by atoms with E-state index in [1.165, 1.54) is 13.2 Å². The number of hydrogen-bond donors (Lipinski definition) is 1. The Labute approximate surface area is 180 Å². The number of methoxy groups -OCH3 is 1. The fourth-order valence-electron chi connectivity index (χ4n) is 3.16. The van der Waals surface area contributed by atoms with Gasteiger partial charge in [0.1, 0.15) is 5.82 Å². The summed E-state index contributed by atoms with van der Waals surface area (Å²) in [7, 11) is 1.41. The molecule has 0 aliphatic rings. The lowest BCUT2D eigenvalue weighted by Crippen LogP contribution is -2.19. The van der Waals surface area contributed by atoms with Crippen LogP contribution in [-0.2, 0) is 6.54 Å². The summed E-state index contributed by atoms with van der Waals surface area (Å²) in [4.78, 5) is 21.0. The van der Waals surface area contributed by atoms with Crippen molar-refractivity contribution >= 4 is 44.8 Å². The van der Waals surface area contributed by atoms with Crippen LogP contribution in [0.5, 0.6) is 5.75 Å². The van der Waals surface area contributed by atoms with Crippen molar-refractivity contribution in [2.24, 2.45) is 0 Å². The van der Waals surface area contributed by atoms with Crippen LogP contribution in [0.4, 0.5) is 16.0 Å². The Morgan fingerprint density at radius 1 is 1.23 bits per heavy atom. The number of benzene rings is 2. The van der Waals surface area contributed by atoms with E-state index in [1.54, 1.807) is 34.2 Å². The first-order valence-electron chi connectivity index (χ1n) is 9.09. The van der Waals surface area contributed by atoms with Crippen LogP contribution in [0, 0.1) is 19.7 Å². The monoisotopic (exact) mass is 444 g/mol. The van der Waals surface area contributed by atoms with Crippen LogP contribution in [0.2, 0.25) is 5.02 Å².